The van der Waals surface area contributed by atoms with E-state index in [0.29, 0.717) is 12.8 Å². The summed E-state index contributed by atoms with van der Waals surface area (Å²) >= 11 is 0. The van der Waals surface area contributed by atoms with Gasteiger partial charge in [-0.3, -0.25) is 9.35 Å². The van der Waals surface area contributed by atoms with Gasteiger partial charge in [-0.25, -0.2) is 4.18 Å². The molecule has 0 unspecified atom stereocenters. The standard InChI is InChI=1S/C12H26O4S.C6H12O2/c1-2-3-4-5-6-7-8-9-10-11-12-16-17(13,14)15;1-2-3-4-5-6(7)8/h2-12H2,1H3,(H,13,14,15);2-5H2,1H3,(H,7,8). The number of carbonyl (C=O) groups is 1. The summed E-state index contributed by atoms with van der Waals surface area (Å²) in [6.07, 6.45) is 15.1. The van der Waals surface area contributed by atoms with Crippen LogP contribution in [0.15, 0.2) is 0 Å². The molecule has 0 spiro atoms. The summed E-state index contributed by atoms with van der Waals surface area (Å²) in [6, 6.07) is 0. The molecule has 0 aliphatic rings. The Labute approximate surface area is 154 Å². The number of carboxylic acids is 1. The van der Waals surface area contributed by atoms with Crippen LogP contribution in [0.25, 0.3) is 0 Å². The number of unbranched alkanes of at least 4 members (excludes halogenated alkanes) is 11. The van der Waals surface area contributed by atoms with Crippen LogP contribution in [0.5, 0.6) is 0 Å². The van der Waals surface area contributed by atoms with Gasteiger partial charge in [0.2, 0.25) is 0 Å². The molecule has 6 nitrogen and oxygen atoms in total. The fourth-order valence-electron chi connectivity index (χ4n) is 2.28. The normalized spacial score (nSPS) is 11.0. The first-order chi connectivity index (χ1) is 11.8. The van der Waals surface area contributed by atoms with E-state index < -0.39 is 16.4 Å². The number of aliphatic carboxylic acids is 1. The van der Waals surface area contributed by atoms with Crippen LogP contribution < -0.4 is 0 Å². The maximum atomic E-state index is 10.2. The van der Waals surface area contributed by atoms with Gasteiger partial charge in [0.05, 0.1) is 6.61 Å². The highest BCUT2D eigenvalue weighted by Crippen LogP contribution is 2.10. The van der Waals surface area contributed by atoms with E-state index in [1.54, 1.807) is 0 Å². The lowest BCUT2D eigenvalue weighted by Gasteiger charge is -2.02. The first-order valence-electron chi connectivity index (χ1n) is 9.67. The zero-order chi connectivity index (χ0) is 19.4. The molecule has 7 heteroatoms. The Morgan fingerprint density at radius 2 is 1.16 bits per heavy atom. The van der Waals surface area contributed by atoms with Gasteiger partial charge in [0, 0.05) is 6.42 Å². The van der Waals surface area contributed by atoms with Crippen molar-refractivity contribution in [3.63, 3.8) is 0 Å². The Hall–Kier alpha value is -0.660. The minimum absolute atomic E-state index is 0.0926. The van der Waals surface area contributed by atoms with Gasteiger partial charge in [0.15, 0.2) is 0 Å². The van der Waals surface area contributed by atoms with Gasteiger partial charge in [-0.1, -0.05) is 84.5 Å². The topological polar surface area (TPSA) is 101 Å². The summed E-state index contributed by atoms with van der Waals surface area (Å²) in [5.41, 5.74) is 0. The second-order valence-corrected chi connectivity index (χ2v) is 7.37. The second-order valence-electron chi connectivity index (χ2n) is 6.28. The van der Waals surface area contributed by atoms with Gasteiger partial charge < -0.3 is 5.11 Å². The molecule has 0 heterocycles. The molecule has 0 aromatic carbocycles. The highest BCUT2D eigenvalue weighted by Gasteiger charge is 2.02. The molecule has 2 N–H and O–H groups in total. The Kier molecular flexibility index (Phi) is 20.9. The summed E-state index contributed by atoms with van der Waals surface area (Å²) in [7, 11) is -4.23. The van der Waals surface area contributed by atoms with E-state index in [-0.39, 0.29) is 6.61 Å². The third kappa shape index (κ3) is 31.6. The average Bonchev–Trinajstić information content (AvgIpc) is 2.52. The molecule has 0 aliphatic carbocycles. The van der Waals surface area contributed by atoms with Gasteiger partial charge in [-0.05, 0) is 12.8 Å². The van der Waals surface area contributed by atoms with Crippen molar-refractivity contribution in [2.45, 2.75) is 104 Å². The van der Waals surface area contributed by atoms with Crippen LogP contribution in [0.4, 0.5) is 0 Å². The Balaban J connectivity index is 0. The number of hydrogen-bond donors (Lipinski definition) is 2. The predicted octanol–water partition coefficient (Wildman–Crippen LogP) is 5.38. The fraction of sp³-hybridized carbons (Fsp3) is 0.944. The van der Waals surface area contributed by atoms with E-state index in [9.17, 15) is 13.2 Å². The van der Waals surface area contributed by atoms with Crippen LogP contribution in [0, 0.1) is 0 Å². The maximum absolute atomic E-state index is 10.2. The highest BCUT2D eigenvalue weighted by molar-refractivity contribution is 7.80. The SMILES string of the molecule is CCCCCC(=O)O.CCCCCCCCCCCCOS(=O)(=O)O. The van der Waals surface area contributed by atoms with Crippen molar-refractivity contribution >= 4 is 16.4 Å². The lowest BCUT2D eigenvalue weighted by Crippen LogP contribution is -2.04. The van der Waals surface area contributed by atoms with Crippen molar-refractivity contribution in [2.24, 2.45) is 0 Å². The Morgan fingerprint density at radius 1 is 0.760 bits per heavy atom. The number of hydrogen-bond acceptors (Lipinski definition) is 4. The molecule has 0 saturated carbocycles. The maximum Gasteiger partial charge on any atom is 0.397 e. The van der Waals surface area contributed by atoms with Crippen molar-refractivity contribution in [1.82, 2.24) is 0 Å². The predicted molar refractivity (Wildman–Crippen MR) is 101 cm³/mol. The van der Waals surface area contributed by atoms with Gasteiger partial charge >= 0.3 is 16.4 Å². The minimum Gasteiger partial charge on any atom is -0.481 e. The van der Waals surface area contributed by atoms with Crippen LogP contribution in [-0.4, -0.2) is 30.7 Å². The summed E-state index contributed by atoms with van der Waals surface area (Å²) in [6.45, 7) is 4.37. The van der Waals surface area contributed by atoms with Crippen LogP contribution >= 0.6 is 0 Å². The molecule has 0 aliphatic heterocycles. The van der Waals surface area contributed by atoms with Crippen molar-refractivity contribution in [3.8, 4) is 0 Å². The molecule has 0 radical (unpaired) electrons. The molecule has 0 amide bonds. The van der Waals surface area contributed by atoms with Crippen LogP contribution in [-0.2, 0) is 19.4 Å². The number of rotatable bonds is 16. The largest absolute Gasteiger partial charge is 0.481 e. The summed E-state index contributed by atoms with van der Waals surface area (Å²) in [4.78, 5) is 9.87. The molecule has 0 bridgehead atoms. The Bertz CT molecular complexity index is 381. The second kappa shape index (κ2) is 19.7. The third-order valence-corrected chi connectivity index (χ3v) is 4.19. The average molecular weight is 383 g/mol. The molecule has 152 valence electrons. The zero-order valence-electron chi connectivity index (χ0n) is 16.0. The van der Waals surface area contributed by atoms with Crippen LogP contribution in [0.3, 0.4) is 0 Å². The third-order valence-electron chi connectivity index (χ3n) is 3.72. The molecular formula is C18H38O6S. The van der Waals surface area contributed by atoms with Crippen LogP contribution in [0.2, 0.25) is 0 Å². The smallest absolute Gasteiger partial charge is 0.397 e. The lowest BCUT2D eigenvalue weighted by atomic mass is 10.1. The van der Waals surface area contributed by atoms with Crippen molar-refractivity contribution in [1.29, 1.82) is 0 Å². The first-order valence-corrected chi connectivity index (χ1v) is 11.0. The summed E-state index contributed by atoms with van der Waals surface area (Å²) < 4.78 is 33.0. The van der Waals surface area contributed by atoms with Gasteiger partial charge in [-0.2, -0.15) is 8.42 Å². The van der Waals surface area contributed by atoms with E-state index in [4.69, 9.17) is 9.66 Å². The molecule has 0 fully saturated rings. The van der Waals surface area contributed by atoms with Crippen molar-refractivity contribution < 1.29 is 27.1 Å². The van der Waals surface area contributed by atoms with Gasteiger partial charge in [0.1, 0.15) is 0 Å². The molecule has 0 aromatic rings. The molecule has 0 atom stereocenters. The molecular weight excluding hydrogens is 344 g/mol. The molecule has 25 heavy (non-hydrogen) atoms. The van der Waals surface area contributed by atoms with Crippen molar-refractivity contribution in [2.75, 3.05) is 6.61 Å². The summed E-state index contributed by atoms with van der Waals surface area (Å²) in [5, 5.41) is 8.14. The number of carboxylic acid groups (broad SMARTS) is 1. The van der Waals surface area contributed by atoms with Gasteiger partial charge in [0.25, 0.3) is 0 Å². The lowest BCUT2D eigenvalue weighted by molar-refractivity contribution is -0.137. The van der Waals surface area contributed by atoms with E-state index in [0.717, 1.165) is 32.1 Å². The fourth-order valence-corrected chi connectivity index (χ4v) is 2.61. The van der Waals surface area contributed by atoms with Crippen molar-refractivity contribution in [3.05, 3.63) is 0 Å². The first kappa shape index (κ1) is 26.6. The quantitative estimate of drug-likeness (QED) is 0.274. The summed E-state index contributed by atoms with van der Waals surface area (Å²) in [5.74, 6) is -0.682. The Morgan fingerprint density at radius 3 is 1.56 bits per heavy atom. The molecule has 0 rings (SSSR count). The molecule has 0 aromatic heterocycles. The zero-order valence-corrected chi connectivity index (χ0v) is 16.9. The van der Waals surface area contributed by atoms with Gasteiger partial charge in [-0.15, -0.1) is 0 Å². The van der Waals surface area contributed by atoms with E-state index in [1.807, 2.05) is 0 Å². The van der Waals surface area contributed by atoms with E-state index in [2.05, 4.69) is 18.0 Å². The highest BCUT2D eigenvalue weighted by atomic mass is 32.3. The van der Waals surface area contributed by atoms with E-state index >= 15 is 0 Å². The monoisotopic (exact) mass is 382 g/mol. The molecule has 0 saturated heterocycles. The minimum atomic E-state index is -4.23. The van der Waals surface area contributed by atoms with Crippen LogP contribution in [0.1, 0.15) is 104 Å². The van der Waals surface area contributed by atoms with E-state index in [1.165, 1.54) is 44.9 Å².